The number of rotatable bonds is 11. The molecule has 0 spiro atoms. The molecule has 2 heterocycles. The average molecular weight is 745 g/mol. The Kier molecular flexibility index (Phi) is 11.8. The van der Waals surface area contributed by atoms with Crippen LogP contribution in [0.25, 0.3) is 17.2 Å². The first-order valence-corrected chi connectivity index (χ1v) is 18.5. The lowest BCUT2D eigenvalue weighted by Crippen LogP contribution is -2.33. The molecule has 0 unspecified atom stereocenters. The van der Waals surface area contributed by atoms with Gasteiger partial charge in [-0.2, -0.15) is 0 Å². The molecule has 4 amide bonds. The molecular formula is C41H36N4O6S2. The van der Waals surface area contributed by atoms with Crippen LogP contribution in [0.4, 0.5) is 10.7 Å². The van der Waals surface area contributed by atoms with Gasteiger partial charge < -0.3 is 25.6 Å². The molecule has 53 heavy (non-hydrogen) atoms. The maximum absolute atomic E-state index is 13.7. The molecule has 0 radical (unpaired) electrons. The van der Waals surface area contributed by atoms with Crippen LogP contribution in [0.2, 0.25) is 0 Å². The summed E-state index contributed by atoms with van der Waals surface area (Å²) in [5.41, 5.74) is 4.84. The molecule has 1 aromatic heterocycles. The number of methoxy groups -OCH3 is 1. The predicted molar refractivity (Wildman–Crippen MR) is 209 cm³/mol. The molecule has 268 valence electrons. The second-order valence-electron chi connectivity index (χ2n) is 12.1. The van der Waals surface area contributed by atoms with Gasteiger partial charge in [-0.15, -0.1) is 23.1 Å². The van der Waals surface area contributed by atoms with E-state index < -0.39 is 17.8 Å². The number of carbonyl (C=O) groups is 5. The maximum Gasteiger partial charge on any atom is 0.341 e. The van der Waals surface area contributed by atoms with E-state index in [1.165, 1.54) is 37.1 Å². The van der Waals surface area contributed by atoms with Crippen molar-refractivity contribution in [1.29, 1.82) is 0 Å². The van der Waals surface area contributed by atoms with Gasteiger partial charge in [0, 0.05) is 34.5 Å². The van der Waals surface area contributed by atoms with Crippen molar-refractivity contribution in [2.24, 2.45) is 0 Å². The van der Waals surface area contributed by atoms with E-state index in [1.807, 2.05) is 66.7 Å². The van der Waals surface area contributed by atoms with Gasteiger partial charge >= 0.3 is 5.97 Å². The summed E-state index contributed by atoms with van der Waals surface area (Å²) in [7, 11) is 1.30. The first-order valence-electron chi connectivity index (χ1n) is 16.7. The smallest absolute Gasteiger partial charge is 0.341 e. The number of fused-ring (bicyclic) bond motifs is 1. The number of ether oxygens (including phenoxy) is 1. The Morgan fingerprint density at radius 3 is 2.25 bits per heavy atom. The average Bonchev–Trinajstić information content (AvgIpc) is 3.54. The van der Waals surface area contributed by atoms with Crippen LogP contribution in [0.3, 0.4) is 0 Å². The summed E-state index contributed by atoms with van der Waals surface area (Å²) < 4.78 is 5.02. The van der Waals surface area contributed by atoms with Crippen molar-refractivity contribution in [3.63, 3.8) is 0 Å². The lowest BCUT2D eigenvalue weighted by Gasteiger charge is -2.25. The predicted octanol–water partition coefficient (Wildman–Crippen LogP) is 7.25. The number of hydrogen-bond acceptors (Lipinski definition) is 8. The standard InChI is InChI=1S/C41H36N4O6S2/c1-26(46)45-21-20-33-35(24-45)53-40(37(33)41(50)51-2)44-36(47)25-52-32-15-9-14-31(23-32)42-39(49)34(43-38(48)30-12-7-4-8-13-30)22-27-16-18-29(19-17-27)28-10-5-3-6-11-28/h3-19,22-23H,20-21,24-25H2,1-2H3,(H,42,49)(H,43,48)(H,44,47)/b34-22+. The van der Waals surface area contributed by atoms with Gasteiger partial charge in [0.2, 0.25) is 11.8 Å². The van der Waals surface area contributed by atoms with Gasteiger partial charge in [0.25, 0.3) is 11.8 Å². The number of hydrogen-bond donors (Lipinski definition) is 3. The van der Waals surface area contributed by atoms with Gasteiger partial charge in [-0.25, -0.2) is 4.79 Å². The van der Waals surface area contributed by atoms with Crippen molar-refractivity contribution in [3.05, 3.63) is 142 Å². The van der Waals surface area contributed by atoms with Crippen LogP contribution < -0.4 is 16.0 Å². The second kappa shape index (κ2) is 17.0. The number of nitrogens with one attached hydrogen (secondary N) is 3. The summed E-state index contributed by atoms with van der Waals surface area (Å²) in [6.07, 6.45) is 2.11. The molecule has 0 saturated carbocycles. The van der Waals surface area contributed by atoms with E-state index in [-0.39, 0.29) is 23.3 Å². The number of benzene rings is 4. The van der Waals surface area contributed by atoms with Crippen LogP contribution in [-0.2, 0) is 32.1 Å². The van der Waals surface area contributed by atoms with Crippen LogP contribution in [0.1, 0.15) is 43.6 Å². The maximum atomic E-state index is 13.7. The molecular weight excluding hydrogens is 709 g/mol. The number of amides is 4. The Morgan fingerprint density at radius 2 is 1.55 bits per heavy atom. The van der Waals surface area contributed by atoms with E-state index in [2.05, 4.69) is 16.0 Å². The SMILES string of the molecule is COC(=O)c1c(NC(=O)CSc2cccc(NC(=O)/C(=C\c3ccc(-c4ccccc4)cc3)NC(=O)c3ccccc3)c2)sc2c1CCN(C(C)=O)C2. The third-order valence-corrected chi connectivity index (χ3v) is 10.6. The molecule has 0 atom stereocenters. The fourth-order valence-corrected chi connectivity index (χ4v) is 7.79. The van der Waals surface area contributed by atoms with Crippen molar-refractivity contribution in [2.75, 3.05) is 30.0 Å². The minimum atomic E-state index is -0.539. The monoisotopic (exact) mass is 744 g/mol. The van der Waals surface area contributed by atoms with Crippen molar-refractivity contribution >= 4 is 69.5 Å². The summed E-state index contributed by atoms with van der Waals surface area (Å²) in [5, 5.41) is 8.90. The van der Waals surface area contributed by atoms with Crippen molar-refractivity contribution in [1.82, 2.24) is 10.2 Å². The number of carbonyl (C=O) groups excluding carboxylic acids is 5. The molecule has 0 bridgehead atoms. The molecule has 0 aliphatic carbocycles. The van der Waals surface area contributed by atoms with Gasteiger partial charge in [0.1, 0.15) is 10.7 Å². The molecule has 12 heteroatoms. The van der Waals surface area contributed by atoms with Crippen LogP contribution in [0.5, 0.6) is 0 Å². The molecule has 6 rings (SSSR count). The summed E-state index contributed by atoms with van der Waals surface area (Å²) in [6, 6.07) is 33.3. The third kappa shape index (κ3) is 9.28. The zero-order valence-corrected chi connectivity index (χ0v) is 30.6. The van der Waals surface area contributed by atoms with E-state index in [4.69, 9.17) is 4.74 Å². The van der Waals surface area contributed by atoms with Crippen LogP contribution in [0.15, 0.2) is 120 Å². The number of anilines is 2. The summed E-state index contributed by atoms with van der Waals surface area (Å²) in [4.78, 5) is 67.8. The van der Waals surface area contributed by atoms with E-state index in [0.29, 0.717) is 46.2 Å². The zero-order valence-electron chi connectivity index (χ0n) is 29.0. The van der Waals surface area contributed by atoms with Crippen molar-refractivity contribution in [2.45, 2.75) is 24.8 Å². The lowest BCUT2D eigenvalue weighted by molar-refractivity contribution is -0.129. The van der Waals surface area contributed by atoms with Crippen LogP contribution in [-0.4, -0.2) is 53.9 Å². The fourth-order valence-electron chi connectivity index (χ4n) is 5.76. The number of thiophene rings is 1. The normalized spacial score (nSPS) is 12.3. The van der Waals surface area contributed by atoms with Gasteiger partial charge in [-0.3, -0.25) is 19.2 Å². The third-order valence-electron chi connectivity index (χ3n) is 8.46. The first-order chi connectivity index (χ1) is 25.7. The lowest BCUT2D eigenvalue weighted by atomic mass is 10.0. The zero-order chi connectivity index (χ0) is 37.3. The topological polar surface area (TPSA) is 134 Å². The summed E-state index contributed by atoms with van der Waals surface area (Å²) in [6.45, 7) is 2.36. The van der Waals surface area contributed by atoms with E-state index in [9.17, 15) is 24.0 Å². The Morgan fingerprint density at radius 1 is 0.849 bits per heavy atom. The molecule has 0 saturated heterocycles. The molecule has 4 aromatic carbocycles. The van der Waals surface area contributed by atoms with E-state index in [1.54, 1.807) is 53.4 Å². The highest BCUT2D eigenvalue weighted by Gasteiger charge is 2.30. The fraction of sp³-hybridized carbons (Fsp3) is 0.146. The van der Waals surface area contributed by atoms with Crippen LogP contribution in [0, 0.1) is 0 Å². The minimum Gasteiger partial charge on any atom is -0.465 e. The quantitative estimate of drug-likeness (QED) is 0.0738. The van der Waals surface area contributed by atoms with Crippen molar-refractivity contribution < 1.29 is 28.7 Å². The van der Waals surface area contributed by atoms with E-state index in [0.717, 1.165) is 27.1 Å². The van der Waals surface area contributed by atoms with Gasteiger partial charge in [-0.05, 0) is 65.1 Å². The first kappa shape index (κ1) is 36.8. The minimum absolute atomic E-state index is 0.0252. The molecule has 10 nitrogen and oxygen atoms in total. The Bertz CT molecular complexity index is 2180. The highest BCUT2D eigenvalue weighted by atomic mass is 32.2. The van der Waals surface area contributed by atoms with Crippen molar-refractivity contribution in [3.8, 4) is 11.1 Å². The molecule has 3 N–H and O–H groups in total. The Balaban J connectivity index is 1.14. The molecule has 0 fully saturated rings. The van der Waals surface area contributed by atoms with E-state index >= 15 is 0 Å². The largest absolute Gasteiger partial charge is 0.465 e. The summed E-state index contributed by atoms with van der Waals surface area (Å²) >= 11 is 2.53. The van der Waals surface area contributed by atoms with Crippen LogP contribution >= 0.6 is 23.1 Å². The van der Waals surface area contributed by atoms with Gasteiger partial charge in [0.15, 0.2) is 0 Å². The number of nitrogens with zero attached hydrogens (tertiary/aromatic N) is 1. The second-order valence-corrected chi connectivity index (χ2v) is 14.2. The molecule has 5 aromatic rings. The summed E-state index contributed by atoms with van der Waals surface area (Å²) in [5.74, 6) is -1.85. The highest BCUT2D eigenvalue weighted by molar-refractivity contribution is 8.00. The molecule has 1 aliphatic heterocycles. The van der Waals surface area contributed by atoms with Gasteiger partial charge in [0.05, 0.1) is 25.0 Å². The number of thioether (sulfide) groups is 1. The molecule has 1 aliphatic rings. The number of esters is 1. The Hall–Kier alpha value is -5.98. The highest BCUT2D eigenvalue weighted by Crippen LogP contribution is 2.38. The Labute approximate surface area is 315 Å². The van der Waals surface area contributed by atoms with Gasteiger partial charge in [-0.1, -0.05) is 78.9 Å².